The Kier molecular flexibility index (Phi) is 3.23. The van der Waals surface area contributed by atoms with Crippen molar-refractivity contribution in [1.29, 1.82) is 0 Å². The summed E-state index contributed by atoms with van der Waals surface area (Å²) in [5, 5.41) is 0. The molecule has 2 rings (SSSR count). The van der Waals surface area contributed by atoms with Crippen molar-refractivity contribution in [2.24, 2.45) is 0 Å². The highest BCUT2D eigenvalue weighted by atomic mass is 79.9. The van der Waals surface area contributed by atoms with Crippen molar-refractivity contribution in [2.75, 3.05) is 5.73 Å². The molecule has 0 aliphatic heterocycles. The topological polar surface area (TPSA) is 84.7 Å². The van der Waals surface area contributed by atoms with Gasteiger partial charge in [0.1, 0.15) is 11.5 Å². The zero-order valence-electron chi connectivity index (χ0n) is 9.20. The van der Waals surface area contributed by atoms with Gasteiger partial charge in [-0.25, -0.2) is 4.98 Å². The van der Waals surface area contributed by atoms with Crippen LogP contribution in [0, 0.1) is 0 Å². The Labute approximate surface area is 106 Å². The van der Waals surface area contributed by atoms with Gasteiger partial charge in [-0.1, -0.05) is 6.92 Å². The van der Waals surface area contributed by atoms with Gasteiger partial charge >= 0.3 is 0 Å². The molecule has 0 spiro atoms. The van der Waals surface area contributed by atoms with E-state index < -0.39 is 0 Å². The van der Waals surface area contributed by atoms with E-state index in [1.807, 2.05) is 13.0 Å². The van der Waals surface area contributed by atoms with Crippen molar-refractivity contribution in [2.45, 2.75) is 13.3 Å². The third-order valence-electron chi connectivity index (χ3n) is 2.38. The largest absolute Gasteiger partial charge is 0.383 e. The van der Waals surface area contributed by atoms with Gasteiger partial charge in [-0.05, 0) is 34.5 Å². The van der Waals surface area contributed by atoms with E-state index in [2.05, 4.69) is 30.9 Å². The fourth-order valence-electron chi connectivity index (χ4n) is 1.53. The standard InChI is InChI=1S/C11H11BrN4O/c1-2-6-9(13)15-10(16-11(6)17)8-7(12)4-3-5-14-8/h3-5H,2H2,1H3,(H3,13,15,16,17). The van der Waals surface area contributed by atoms with E-state index in [1.54, 1.807) is 12.3 Å². The lowest BCUT2D eigenvalue weighted by Gasteiger charge is -2.05. The SMILES string of the molecule is CCc1c(N)nc(-c2ncccc2Br)[nH]c1=O. The number of anilines is 1. The first kappa shape index (κ1) is 11.8. The monoisotopic (exact) mass is 294 g/mol. The lowest BCUT2D eigenvalue weighted by molar-refractivity contribution is 1.01. The van der Waals surface area contributed by atoms with Crippen LogP contribution >= 0.6 is 15.9 Å². The van der Waals surface area contributed by atoms with Gasteiger partial charge in [-0.3, -0.25) is 9.78 Å². The van der Waals surface area contributed by atoms with Gasteiger partial charge in [0.2, 0.25) is 0 Å². The number of halogens is 1. The van der Waals surface area contributed by atoms with E-state index in [4.69, 9.17) is 5.73 Å². The lowest BCUT2D eigenvalue weighted by Crippen LogP contribution is -2.18. The van der Waals surface area contributed by atoms with E-state index in [0.29, 0.717) is 23.5 Å². The van der Waals surface area contributed by atoms with Crippen LogP contribution in [0.1, 0.15) is 12.5 Å². The molecule has 0 aliphatic rings. The molecule has 6 heteroatoms. The van der Waals surface area contributed by atoms with Crippen LogP contribution in [0.5, 0.6) is 0 Å². The molecule has 0 amide bonds. The van der Waals surface area contributed by atoms with Crippen LogP contribution < -0.4 is 11.3 Å². The molecule has 0 atom stereocenters. The molecule has 0 aliphatic carbocycles. The summed E-state index contributed by atoms with van der Waals surface area (Å²) >= 11 is 3.35. The predicted molar refractivity (Wildman–Crippen MR) is 69.6 cm³/mol. The van der Waals surface area contributed by atoms with Crippen molar-refractivity contribution in [3.8, 4) is 11.5 Å². The fraction of sp³-hybridized carbons (Fsp3) is 0.182. The quantitative estimate of drug-likeness (QED) is 0.883. The van der Waals surface area contributed by atoms with Crippen LogP contribution in [0.3, 0.4) is 0 Å². The van der Waals surface area contributed by atoms with E-state index in [9.17, 15) is 4.79 Å². The molecule has 2 aromatic rings. The molecule has 2 aromatic heterocycles. The average Bonchev–Trinajstić information content (AvgIpc) is 2.29. The summed E-state index contributed by atoms with van der Waals surface area (Å²) in [5.41, 5.74) is 6.60. The second kappa shape index (κ2) is 4.67. The maximum Gasteiger partial charge on any atom is 0.256 e. The number of pyridine rings is 1. The smallest absolute Gasteiger partial charge is 0.256 e. The molecule has 0 unspecified atom stereocenters. The Balaban J connectivity index is 2.63. The number of nitrogens with zero attached hydrogens (tertiary/aromatic N) is 2. The van der Waals surface area contributed by atoms with Gasteiger partial charge in [0.05, 0.1) is 5.56 Å². The molecule has 0 saturated heterocycles. The van der Waals surface area contributed by atoms with Gasteiger partial charge in [0.25, 0.3) is 5.56 Å². The highest BCUT2D eigenvalue weighted by Gasteiger charge is 2.11. The molecule has 5 nitrogen and oxygen atoms in total. The molecule has 3 N–H and O–H groups in total. The third kappa shape index (κ3) is 2.21. The summed E-state index contributed by atoms with van der Waals surface area (Å²) in [6, 6.07) is 3.61. The average molecular weight is 295 g/mol. The van der Waals surface area contributed by atoms with Crippen molar-refractivity contribution in [3.05, 3.63) is 38.7 Å². The van der Waals surface area contributed by atoms with Crippen molar-refractivity contribution in [1.82, 2.24) is 15.0 Å². The summed E-state index contributed by atoms with van der Waals surface area (Å²) in [6.45, 7) is 1.86. The molecular formula is C11H11BrN4O. The molecule has 17 heavy (non-hydrogen) atoms. The first-order chi connectivity index (χ1) is 8.13. The van der Waals surface area contributed by atoms with Crippen LogP contribution in [0.4, 0.5) is 5.82 Å². The van der Waals surface area contributed by atoms with Crippen molar-refractivity contribution >= 4 is 21.7 Å². The minimum absolute atomic E-state index is 0.215. The minimum Gasteiger partial charge on any atom is -0.383 e. The zero-order chi connectivity index (χ0) is 12.4. The number of hydrogen-bond donors (Lipinski definition) is 2. The lowest BCUT2D eigenvalue weighted by atomic mass is 10.2. The maximum absolute atomic E-state index is 11.8. The number of rotatable bonds is 2. The number of nitrogens with two attached hydrogens (primary N) is 1. The number of H-pyrrole nitrogens is 1. The van der Waals surface area contributed by atoms with Gasteiger partial charge in [0.15, 0.2) is 5.82 Å². The second-order valence-electron chi connectivity index (χ2n) is 3.47. The van der Waals surface area contributed by atoms with Gasteiger partial charge in [0, 0.05) is 10.7 Å². The van der Waals surface area contributed by atoms with E-state index in [1.165, 1.54) is 0 Å². The Hall–Kier alpha value is -1.69. The summed E-state index contributed by atoms with van der Waals surface area (Å²) in [7, 11) is 0. The second-order valence-corrected chi connectivity index (χ2v) is 4.32. The summed E-state index contributed by atoms with van der Waals surface area (Å²) in [5.74, 6) is 0.626. The number of nitrogens with one attached hydrogen (secondary N) is 1. The number of nitrogen functional groups attached to an aromatic ring is 1. The van der Waals surface area contributed by atoms with Crippen LogP contribution in [0.2, 0.25) is 0 Å². The maximum atomic E-state index is 11.8. The number of aromatic amines is 1. The minimum atomic E-state index is -0.215. The van der Waals surface area contributed by atoms with Crippen LogP contribution in [-0.2, 0) is 6.42 Å². The third-order valence-corrected chi connectivity index (χ3v) is 3.02. The van der Waals surface area contributed by atoms with E-state index in [-0.39, 0.29) is 11.4 Å². The zero-order valence-corrected chi connectivity index (χ0v) is 10.8. The molecule has 0 fully saturated rings. The highest BCUT2D eigenvalue weighted by molar-refractivity contribution is 9.10. The number of hydrogen-bond acceptors (Lipinski definition) is 4. The number of aromatic nitrogens is 3. The van der Waals surface area contributed by atoms with Crippen molar-refractivity contribution < 1.29 is 0 Å². The molecular weight excluding hydrogens is 284 g/mol. The fourth-order valence-corrected chi connectivity index (χ4v) is 1.97. The predicted octanol–water partition coefficient (Wildman–Crippen LogP) is 1.74. The first-order valence-corrected chi connectivity index (χ1v) is 5.92. The van der Waals surface area contributed by atoms with E-state index in [0.717, 1.165) is 4.47 Å². The van der Waals surface area contributed by atoms with Gasteiger partial charge in [-0.15, -0.1) is 0 Å². The molecule has 0 radical (unpaired) electrons. The summed E-state index contributed by atoms with van der Waals surface area (Å²) in [6.07, 6.45) is 2.18. The van der Waals surface area contributed by atoms with Crippen molar-refractivity contribution in [3.63, 3.8) is 0 Å². The molecule has 0 aromatic carbocycles. The summed E-state index contributed by atoms with van der Waals surface area (Å²) in [4.78, 5) is 22.8. The van der Waals surface area contributed by atoms with Crippen LogP contribution in [-0.4, -0.2) is 15.0 Å². The molecule has 2 heterocycles. The molecule has 88 valence electrons. The summed E-state index contributed by atoms with van der Waals surface area (Å²) < 4.78 is 0.756. The molecule has 0 saturated carbocycles. The van der Waals surface area contributed by atoms with Crippen LogP contribution in [0.15, 0.2) is 27.6 Å². The Morgan fingerprint density at radius 2 is 2.29 bits per heavy atom. The Morgan fingerprint density at radius 1 is 1.53 bits per heavy atom. The van der Waals surface area contributed by atoms with Gasteiger partial charge in [-0.2, -0.15) is 0 Å². The van der Waals surface area contributed by atoms with E-state index >= 15 is 0 Å². The normalized spacial score (nSPS) is 10.5. The van der Waals surface area contributed by atoms with Crippen LogP contribution in [0.25, 0.3) is 11.5 Å². The van der Waals surface area contributed by atoms with Gasteiger partial charge < -0.3 is 10.7 Å². The highest BCUT2D eigenvalue weighted by Crippen LogP contribution is 2.22. The Bertz CT molecular complexity index is 609. The first-order valence-electron chi connectivity index (χ1n) is 5.13. The molecule has 0 bridgehead atoms. The Morgan fingerprint density at radius 3 is 2.88 bits per heavy atom.